The highest BCUT2D eigenvalue weighted by atomic mass is 16.3. The van der Waals surface area contributed by atoms with Crippen LogP contribution in [0.2, 0.25) is 0 Å². The summed E-state index contributed by atoms with van der Waals surface area (Å²) in [6.07, 6.45) is 0. The maximum atomic E-state index is 6.87. The predicted molar refractivity (Wildman–Crippen MR) is 210 cm³/mol. The van der Waals surface area contributed by atoms with Crippen molar-refractivity contribution in [2.24, 2.45) is 0 Å². The number of hydrogen-bond acceptors (Lipinski definition) is 2. The minimum absolute atomic E-state index is 0.873. The summed E-state index contributed by atoms with van der Waals surface area (Å²) >= 11 is 0. The molecule has 0 spiro atoms. The molecule has 0 N–H and O–H groups in total. The molecule has 2 aromatic heterocycles. The lowest BCUT2D eigenvalue weighted by Gasteiger charge is -2.19. The molecular weight excluding hydrogens is 609 g/mol. The molecule has 2 heteroatoms. The summed E-state index contributed by atoms with van der Waals surface area (Å²) in [6, 6.07) is 60.8. The van der Waals surface area contributed by atoms with Crippen LogP contribution in [-0.4, -0.2) is 0 Å². The van der Waals surface area contributed by atoms with Crippen LogP contribution in [-0.2, 0) is 0 Å². The Kier molecular flexibility index (Phi) is 5.70. The zero-order valence-electron chi connectivity index (χ0n) is 27.0. The SMILES string of the molecule is c1ccc2cc(-c3c4ccccc4c(-c4ccc(-c5cccc6oc7ccccc7c56)c5oc6ccccc6c45)c4ccccc34)ccc2c1. The normalized spacial score (nSPS) is 12.0. The number of furan rings is 2. The van der Waals surface area contributed by atoms with Gasteiger partial charge in [0, 0.05) is 27.1 Å². The van der Waals surface area contributed by atoms with Crippen LogP contribution in [0.4, 0.5) is 0 Å². The first kappa shape index (κ1) is 27.3. The van der Waals surface area contributed by atoms with Crippen molar-refractivity contribution in [1.82, 2.24) is 0 Å². The van der Waals surface area contributed by atoms with E-state index in [1.807, 2.05) is 12.1 Å². The maximum Gasteiger partial charge on any atom is 0.143 e. The molecule has 0 amide bonds. The average molecular weight is 637 g/mol. The quantitative estimate of drug-likeness (QED) is 0.180. The van der Waals surface area contributed by atoms with Crippen molar-refractivity contribution < 1.29 is 8.83 Å². The van der Waals surface area contributed by atoms with Crippen LogP contribution < -0.4 is 0 Å². The van der Waals surface area contributed by atoms with Crippen molar-refractivity contribution in [3.63, 3.8) is 0 Å². The Hall–Kier alpha value is -6.64. The van der Waals surface area contributed by atoms with Crippen LogP contribution in [0.15, 0.2) is 179 Å². The molecule has 0 bridgehead atoms. The highest BCUT2D eigenvalue weighted by Gasteiger charge is 2.23. The molecule has 11 rings (SSSR count). The molecule has 0 unspecified atom stereocenters. The van der Waals surface area contributed by atoms with Gasteiger partial charge in [-0.05, 0) is 90.5 Å². The summed E-state index contributed by atoms with van der Waals surface area (Å²) in [7, 11) is 0. The van der Waals surface area contributed by atoms with E-state index in [0.717, 1.165) is 60.6 Å². The van der Waals surface area contributed by atoms with Gasteiger partial charge < -0.3 is 8.83 Å². The second-order valence-corrected chi connectivity index (χ2v) is 13.1. The molecule has 0 atom stereocenters. The number of hydrogen-bond donors (Lipinski definition) is 0. The molecule has 0 aliphatic carbocycles. The molecule has 0 radical (unpaired) electrons. The molecule has 2 nitrogen and oxygen atoms in total. The molecule has 0 saturated carbocycles. The van der Waals surface area contributed by atoms with Crippen LogP contribution in [0.3, 0.4) is 0 Å². The smallest absolute Gasteiger partial charge is 0.143 e. The van der Waals surface area contributed by atoms with Crippen molar-refractivity contribution in [2.75, 3.05) is 0 Å². The minimum Gasteiger partial charge on any atom is -0.456 e. The van der Waals surface area contributed by atoms with Crippen molar-refractivity contribution in [3.05, 3.63) is 170 Å². The van der Waals surface area contributed by atoms with E-state index in [9.17, 15) is 0 Å². The molecular formula is C48H28O2. The van der Waals surface area contributed by atoms with E-state index >= 15 is 0 Å². The fourth-order valence-corrected chi connectivity index (χ4v) is 8.32. The fourth-order valence-electron chi connectivity index (χ4n) is 8.32. The topological polar surface area (TPSA) is 26.3 Å². The monoisotopic (exact) mass is 636 g/mol. The van der Waals surface area contributed by atoms with Crippen LogP contribution in [0.25, 0.3) is 110 Å². The first-order valence-electron chi connectivity index (χ1n) is 17.1. The second kappa shape index (κ2) is 10.4. The summed E-state index contributed by atoms with van der Waals surface area (Å²) < 4.78 is 13.2. The Morgan fingerprint density at radius 3 is 1.56 bits per heavy atom. The van der Waals surface area contributed by atoms with Gasteiger partial charge in [-0.3, -0.25) is 0 Å². The van der Waals surface area contributed by atoms with E-state index in [2.05, 4.69) is 158 Å². The lowest BCUT2D eigenvalue weighted by atomic mass is 9.84. The van der Waals surface area contributed by atoms with Gasteiger partial charge in [-0.25, -0.2) is 0 Å². The Labute approximate surface area is 287 Å². The Bertz CT molecular complexity index is 3100. The molecule has 50 heavy (non-hydrogen) atoms. The first-order valence-corrected chi connectivity index (χ1v) is 17.1. The highest BCUT2D eigenvalue weighted by Crippen LogP contribution is 2.49. The van der Waals surface area contributed by atoms with Gasteiger partial charge in [0.1, 0.15) is 22.3 Å². The van der Waals surface area contributed by atoms with E-state index in [1.165, 1.54) is 49.0 Å². The van der Waals surface area contributed by atoms with Gasteiger partial charge in [-0.15, -0.1) is 0 Å². The molecule has 0 saturated heterocycles. The van der Waals surface area contributed by atoms with Gasteiger partial charge in [-0.1, -0.05) is 140 Å². The summed E-state index contributed by atoms with van der Waals surface area (Å²) in [5, 5.41) is 11.8. The zero-order chi connectivity index (χ0) is 32.8. The number of para-hydroxylation sites is 2. The molecule has 0 aliphatic heterocycles. The van der Waals surface area contributed by atoms with Gasteiger partial charge in [0.2, 0.25) is 0 Å². The van der Waals surface area contributed by atoms with Crippen molar-refractivity contribution in [3.8, 4) is 33.4 Å². The molecule has 0 aliphatic rings. The van der Waals surface area contributed by atoms with Crippen molar-refractivity contribution in [2.45, 2.75) is 0 Å². The van der Waals surface area contributed by atoms with Gasteiger partial charge >= 0.3 is 0 Å². The molecule has 0 fully saturated rings. The number of rotatable bonds is 3. The van der Waals surface area contributed by atoms with Gasteiger partial charge in [0.15, 0.2) is 0 Å². The summed E-state index contributed by atoms with van der Waals surface area (Å²) in [6.45, 7) is 0. The molecule has 11 aromatic rings. The van der Waals surface area contributed by atoms with Gasteiger partial charge in [-0.2, -0.15) is 0 Å². The van der Waals surface area contributed by atoms with Gasteiger partial charge in [0.25, 0.3) is 0 Å². The maximum absolute atomic E-state index is 6.87. The number of fused-ring (bicyclic) bond motifs is 9. The zero-order valence-corrected chi connectivity index (χ0v) is 27.0. The number of benzene rings is 9. The van der Waals surface area contributed by atoms with E-state index in [4.69, 9.17) is 8.83 Å². The Morgan fingerprint density at radius 1 is 0.300 bits per heavy atom. The molecule has 9 aromatic carbocycles. The van der Waals surface area contributed by atoms with E-state index in [0.29, 0.717) is 0 Å². The standard InChI is InChI=1S/C48H28O2/c1-2-13-30-28-31(25-24-29(30)12-1)44-32-14-3-5-16-34(32)45(35-17-6-4-15-33(35)44)40-27-26-37(48-47(40)39-19-8-10-22-42(39)50-48)36-20-11-23-43-46(36)38-18-7-9-21-41(38)49-43/h1-28H. The van der Waals surface area contributed by atoms with Crippen LogP contribution in [0.1, 0.15) is 0 Å². The summed E-state index contributed by atoms with van der Waals surface area (Å²) in [5.74, 6) is 0. The third kappa shape index (κ3) is 3.85. The van der Waals surface area contributed by atoms with E-state index in [-0.39, 0.29) is 0 Å². The van der Waals surface area contributed by atoms with Crippen LogP contribution >= 0.6 is 0 Å². The fraction of sp³-hybridized carbons (Fsp3) is 0. The van der Waals surface area contributed by atoms with E-state index < -0.39 is 0 Å². The molecule has 232 valence electrons. The Morgan fingerprint density at radius 2 is 0.840 bits per heavy atom. The predicted octanol–water partition coefficient (Wildman–Crippen LogP) is 13.9. The lowest BCUT2D eigenvalue weighted by molar-refractivity contribution is 0.668. The third-order valence-electron chi connectivity index (χ3n) is 10.5. The summed E-state index contributed by atoms with van der Waals surface area (Å²) in [4.78, 5) is 0. The van der Waals surface area contributed by atoms with Crippen molar-refractivity contribution >= 4 is 76.2 Å². The molecule has 2 heterocycles. The lowest BCUT2D eigenvalue weighted by Crippen LogP contribution is -1.92. The highest BCUT2D eigenvalue weighted by molar-refractivity contribution is 6.27. The van der Waals surface area contributed by atoms with Gasteiger partial charge in [0.05, 0.1) is 0 Å². The first-order chi connectivity index (χ1) is 24.8. The minimum atomic E-state index is 0.873. The average Bonchev–Trinajstić information content (AvgIpc) is 3.76. The second-order valence-electron chi connectivity index (χ2n) is 13.1. The largest absolute Gasteiger partial charge is 0.456 e. The third-order valence-corrected chi connectivity index (χ3v) is 10.5. The van der Waals surface area contributed by atoms with Crippen molar-refractivity contribution in [1.29, 1.82) is 0 Å². The van der Waals surface area contributed by atoms with Crippen LogP contribution in [0, 0.1) is 0 Å². The van der Waals surface area contributed by atoms with E-state index in [1.54, 1.807) is 0 Å². The summed E-state index contributed by atoms with van der Waals surface area (Å²) in [5.41, 5.74) is 10.5. The van der Waals surface area contributed by atoms with Crippen LogP contribution in [0.5, 0.6) is 0 Å². The Balaban J connectivity index is 1.26.